The van der Waals surface area contributed by atoms with Gasteiger partial charge in [0.25, 0.3) is 0 Å². The van der Waals surface area contributed by atoms with Crippen LogP contribution in [0.1, 0.15) is 36.8 Å². The summed E-state index contributed by atoms with van der Waals surface area (Å²) in [6, 6.07) is 20.4. The van der Waals surface area contributed by atoms with Gasteiger partial charge in [-0.1, -0.05) is 88.0 Å². The Morgan fingerprint density at radius 3 is 2.31 bits per heavy atom. The normalized spacial score (nSPS) is 11.3. The van der Waals surface area contributed by atoms with Crippen molar-refractivity contribution in [2.24, 2.45) is 0 Å². The van der Waals surface area contributed by atoms with Gasteiger partial charge < -0.3 is 4.74 Å². The highest BCUT2D eigenvalue weighted by atomic mass is 28.2. The fourth-order valence-corrected chi connectivity index (χ4v) is 3.85. The lowest BCUT2D eigenvalue weighted by Gasteiger charge is -2.16. The van der Waals surface area contributed by atoms with Crippen LogP contribution >= 0.6 is 0 Å². The van der Waals surface area contributed by atoms with Crippen molar-refractivity contribution in [3.05, 3.63) is 84.7 Å². The zero-order chi connectivity index (χ0) is 20.9. The number of esters is 1. The molecule has 5 heteroatoms. The van der Waals surface area contributed by atoms with Crippen LogP contribution in [0.3, 0.4) is 0 Å². The van der Waals surface area contributed by atoms with E-state index in [1.165, 1.54) is 0 Å². The molecule has 2 radical (unpaired) electrons. The number of ether oxygens (including phenoxy) is 1. The fourth-order valence-electron chi connectivity index (χ4n) is 2.89. The molecule has 2 aromatic carbocycles. The summed E-state index contributed by atoms with van der Waals surface area (Å²) in [6.45, 7) is 11.1. The summed E-state index contributed by atoms with van der Waals surface area (Å²) >= 11 is 0. The molecule has 0 aliphatic heterocycles. The summed E-state index contributed by atoms with van der Waals surface area (Å²) in [6.07, 6.45) is 1.85. The van der Waals surface area contributed by atoms with Crippen LogP contribution in [-0.2, 0) is 4.74 Å². The molecule has 1 aromatic heterocycles. The number of aromatic nitrogens is 2. The van der Waals surface area contributed by atoms with Crippen LogP contribution in [0, 0.1) is 0 Å². The number of carbonyl (C=O) groups is 1. The predicted octanol–water partition coefficient (Wildman–Crippen LogP) is 5.57. The number of benzene rings is 2. The van der Waals surface area contributed by atoms with E-state index in [4.69, 9.17) is 4.74 Å². The van der Waals surface area contributed by atoms with Crippen molar-refractivity contribution in [3.63, 3.8) is 0 Å². The molecular formula is C24H26N2O2Si. The molecule has 3 rings (SSSR count). The minimum atomic E-state index is -0.401. The van der Waals surface area contributed by atoms with E-state index >= 15 is 0 Å². The highest BCUT2D eigenvalue weighted by Crippen LogP contribution is 2.26. The second-order valence-electron chi connectivity index (χ2n) is 7.83. The second kappa shape index (κ2) is 9.05. The van der Waals surface area contributed by atoms with E-state index in [0.717, 1.165) is 32.3 Å². The van der Waals surface area contributed by atoms with Gasteiger partial charge >= 0.3 is 5.97 Å². The highest BCUT2D eigenvalue weighted by Gasteiger charge is 2.21. The minimum absolute atomic E-state index is 0.247. The maximum Gasteiger partial charge on any atom is 0.359 e. The molecule has 0 unspecified atom stereocenters. The average Bonchev–Trinajstić information content (AvgIpc) is 3.17. The summed E-state index contributed by atoms with van der Waals surface area (Å²) in [7, 11) is 0.734. The molecule has 0 bridgehead atoms. The first-order valence-corrected chi connectivity index (χ1v) is 10.9. The van der Waals surface area contributed by atoms with E-state index in [1.54, 1.807) is 4.68 Å². The van der Waals surface area contributed by atoms with Gasteiger partial charge in [-0.15, -0.1) is 0 Å². The van der Waals surface area contributed by atoms with E-state index in [-0.39, 0.29) is 5.04 Å². The van der Waals surface area contributed by atoms with Crippen molar-refractivity contribution >= 4 is 21.2 Å². The molecule has 4 nitrogen and oxygen atoms in total. The van der Waals surface area contributed by atoms with Crippen LogP contribution in [0.25, 0.3) is 16.8 Å². The van der Waals surface area contributed by atoms with E-state index < -0.39 is 5.97 Å². The number of nitrogens with zero attached hydrogens (tertiary/aromatic N) is 2. The summed E-state index contributed by atoms with van der Waals surface area (Å²) in [4.78, 5) is 12.8. The van der Waals surface area contributed by atoms with Crippen LogP contribution in [0.5, 0.6) is 0 Å². The first-order chi connectivity index (χ1) is 13.8. The summed E-state index contributed by atoms with van der Waals surface area (Å²) < 4.78 is 7.20. The van der Waals surface area contributed by atoms with E-state index in [2.05, 4.69) is 32.4 Å². The molecular weight excluding hydrogens is 376 g/mol. The molecule has 29 heavy (non-hydrogen) atoms. The van der Waals surface area contributed by atoms with Crippen molar-refractivity contribution < 1.29 is 9.53 Å². The Kier molecular flexibility index (Phi) is 6.49. The van der Waals surface area contributed by atoms with Crippen LogP contribution < -0.4 is 0 Å². The molecule has 0 fully saturated rings. The molecule has 0 aliphatic rings. The van der Waals surface area contributed by atoms with Crippen molar-refractivity contribution in [2.75, 3.05) is 6.61 Å². The molecule has 3 aromatic rings. The summed E-state index contributed by atoms with van der Waals surface area (Å²) in [5, 5.41) is 4.78. The van der Waals surface area contributed by atoms with E-state index in [9.17, 15) is 4.79 Å². The molecule has 0 amide bonds. The lowest BCUT2D eigenvalue weighted by molar-refractivity contribution is 0.0519. The Hall–Kier alpha value is -2.92. The Morgan fingerprint density at radius 1 is 1.07 bits per heavy atom. The molecule has 0 N–H and O–H groups in total. The van der Waals surface area contributed by atoms with Gasteiger partial charge in [0.15, 0.2) is 5.69 Å². The van der Waals surface area contributed by atoms with Gasteiger partial charge in [-0.3, -0.25) is 0 Å². The number of carbonyl (C=O) groups excluding carboxylic acids is 1. The van der Waals surface area contributed by atoms with Gasteiger partial charge in [0.05, 0.1) is 12.3 Å². The van der Waals surface area contributed by atoms with E-state index in [0.29, 0.717) is 18.0 Å². The molecule has 0 saturated carbocycles. The smallest absolute Gasteiger partial charge is 0.359 e. The second-order valence-corrected chi connectivity index (χ2v) is 10.2. The number of hydrogen-bond donors (Lipinski definition) is 0. The van der Waals surface area contributed by atoms with Crippen molar-refractivity contribution in [1.29, 1.82) is 0 Å². The van der Waals surface area contributed by atoms with Crippen LogP contribution in [-0.4, -0.2) is 31.9 Å². The van der Waals surface area contributed by atoms with Crippen molar-refractivity contribution in [2.45, 2.75) is 31.9 Å². The molecule has 0 saturated heterocycles. The topological polar surface area (TPSA) is 44.1 Å². The summed E-state index contributed by atoms with van der Waals surface area (Å²) in [5.74, 6) is -0.401. The molecule has 0 spiro atoms. The Bertz CT molecular complexity index is 973. The molecule has 148 valence electrons. The molecule has 1 heterocycles. The third kappa shape index (κ3) is 5.54. The number of rotatable bonds is 7. The van der Waals surface area contributed by atoms with E-state index in [1.807, 2.05) is 66.9 Å². The lowest BCUT2D eigenvalue weighted by atomic mass is 10.1. The zero-order valence-electron chi connectivity index (χ0n) is 17.2. The summed E-state index contributed by atoms with van der Waals surface area (Å²) in [5.41, 5.74) is 3.62. The third-order valence-electron chi connectivity index (χ3n) is 4.37. The Labute approximate surface area is 175 Å². The monoisotopic (exact) mass is 402 g/mol. The maximum absolute atomic E-state index is 12.8. The van der Waals surface area contributed by atoms with Gasteiger partial charge in [-0.25, -0.2) is 9.48 Å². The fraction of sp³-hybridized carbons (Fsp3) is 0.250. The van der Waals surface area contributed by atoms with Gasteiger partial charge in [0.2, 0.25) is 0 Å². The Balaban J connectivity index is 1.85. The zero-order valence-corrected chi connectivity index (χ0v) is 18.2. The van der Waals surface area contributed by atoms with Gasteiger partial charge in [-0.2, -0.15) is 5.10 Å². The lowest BCUT2D eigenvalue weighted by Crippen LogP contribution is -2.14. The average molecular weight is 403 g/mol. The standard InChI is InChI=1S/C24H26N2O2Si/c1-18(19-11-7-5-8-12-19)26-17-21(20-13-9-6-10-14-20)22(25-26)23(27)28-15-16-29-24(2,3)4/h5-14,17H,1,15-16H2,2-4H3. The third-order valence-corrected chi connectivity index (χ3v) is 5.88. The molecule has 0 atom stereocenters. The quantitative estimate of drug-likeness (QED) is 0.295. The highest BCUT2D eigenvalue weighted by molar-refractivity contribution is 6.39. The van der Waals surface area contributed by atoms with Crippen LogP contribution in [0.2, 0.25) is 11.1 Å². The number of hydrogen-bond acceptors (Lipinski definition) is 3. The largest absolute Gasteiger partial charge is 0.461 e. The maximum atomic E-state index is 12.8. The van der Waals surface area contributed by atoms with Gasteiger partial charge in [0.1, 0.15) is 0 Å². The van der Waals surface area contributed by atoms with Gasteiger partial charge in [0, 0.05) is 21.3 Å². The van der Waals surface area contributed by atoms with Crippen LogP contribution in [0.15, 0.2) is 73.4 Å². The van der Waals surface area contributed by atoms with Gasteiger partial charge in [-0.05, 0) is 22.2 Å². The SMILES string of the molecule is C=C(c1ccccc1)n1cc(-c2ccccc2)c(C(=O)OCC[Si]C(C)(C)C)n1. The first kappa shape index (κ1) is 20.8. The minimum Gasteiger partial charge on any atom is -0.461 e. The van der Waals surface area contributed by atoms with Crippen molar-refractivity contribution in [1.82, 2.24) is 9.78 Å². The first-order valence-electron chi connectivity index (χ1n) is 9.67. The molecule has 0 aliphatic carbocycles. The predicted molar refractivity (Wildman–Crippen MR) is 119 cm³/mol. The van der Waals surface area contributed by atoms with Crippen molar-refractivity contribution in [3.8, 4) is 11.1 Å². The Morgan fingerprint density at radius 2 is 1.69 bits per heavy atom. The van der Waals surface area contributed by atoms with Crippen LogP contribution in [0.4, 0.5) is 0 Å².